The Morgan fingerprint density at radius 2 is 1.84 bits per heavy atom. The van der Waals surface area contributed by atoms with Crippen LogP contribution in [0.3, 0.4) is 0 Å². The van der Waals surface area contributed by atoms with E-state index in [2.05, 4.69) is 9.84 Å². The van der Waals surface area contributed by atoms with Gasteiger partial charge in [-0.15, -0.1) is 13.2 Å². The quantitative estimate of drug-likeness (QED) is 0.933. The van der Waals surface area contributed by atoms with E-state index in [1.165, 1.54) is 23.0 Å². The fraction of sp³-hybridized carbons (Fsp3) is 0.250. The van der Waals surface area contributed by atoms with Crippen LogP contribution in [0.15, 0.2) is 36.7 Å². The van der Waals surface area contributed by atoms with Crippen molar-refractivity contribution in [2.24, 2.45) is 7.05 Å². The molecular formula is C12H11F3N2O2. The Morgan fingerprint density at radius 1 is 1.21 bits per heavy atom. The van der Waals surface area contributed by atoms with Crippen LogP contribution in [0.5, 0.6) is 5.75 Å². The monoisotopic (exact) mass is 272 g/mol. The number of benzene rings is 1. The Morgan fingerprint density at radius 3 is 2.32 bits per heavy atom. The molecule has 102 valence electrons. The number of aliphatic hydroxyl groups is 1. The van der Waals surface area contributed by atoms with Crippen molar-refractivity contribution in [1.29, 1.82) is 0 Å². The lowest BCUT2D eigenvalue weighted by atomic mass is 10.0. The van der Waals surface area contributed by atoms with Crippen LogP contribution in [0.25, 0.3) is 0 Å². The van der Waals surface area contributed by atoms with Crippen molar-refractivity contribution in [3.63, 3.8) is 0 Å². The minimum absolute atomic E-state index is 0.324. The number of rotatable bonds is 3. The van der Waals surface area contributed by atoms with Crippen LogP contribution in [-0.4, -0.2) is 21.2 Å². The van der Waals surface area contributed by atoms with E-state index in [1.807, 2.05) is 0 Å². The molecule has 1 unspecified atom stereocenters. The van der Waals surface area contributed by atoms with Gasteiger partial charge in [0.25, 0.3) is 0 Å². The van der Waals surface area contributed by atoms with Gasteiger partial charge in [0.15, 0.2) is 0 Å². The lowest BCUT2D eigenvalue weighted by molar-refractivity contribution is -0.274. The fourth-order valence-electron chi connectivity index (χ4n) is 1.63. The van der Waals surface area contributed by atoms with Crippen molar-refractivity contribution >= 4 is 0 Å². The third-order valence-electron chi connectivity index (χ3n) is 2.47. The average molecular weight is 272 g/mol. The summed E-state index contributed by atoms with van der Waals surface area (Å²) in [6.45, 7) is 0. The Hall–Kier alpha value is -2.02. The van der Waals surface area contributed by atoms with Crippen molar-refractivity contribution in [1.82, 2.24) is 9.78 Å². The van der Waals surface area contributed by atoms with Gasteiger partial charge in [-0.2, -0.15) is 5.10 Å². The zero-order valence-electron chi connectivity index (χ0n) is 9.93. The lowest BCUT2D eigenvalue weighted by Gasteiger charge is -2.11. The van der Waals surface area contributed by atoms with E-state index in [0.29, 0.717) is 11.1 Å². The van der Waals surface area contributed by atoms with E-state index in [-0.39, 0.29) is 5.75 Å². The number of ether oxygens (including phenoxy) is 1. The Bertz CT molecular complexity index is 549. The molecule has 4 nitrogen and oxygen atoms in total. The molecule has 1 atom stereocenters. The second-order valence-electron chi connectivity index (χ2n) is 3.97. The van der Waals surface area contributed by atoms with Crippen LogP contribution in [-0.2, 0) is 7.05 Å². The molecule has 1 N–H and O–H groups in total. The highest BCUT2D eigenvalue weighted by Gasteiger charge is 2.31. The van der Waals surface area contributed by atoms with E-state index in [4.69, 9.17) is 0 Å². The molecule has 0 aliphatic carbocycles. The van der Waals surface area contributed by atoms with Gasteiger partial charge in [-0.25, -0.2) is 0 Å². The number of aromatic nitrogens is 2. The summed E-state index contributed by atoms with van der Waals surface area (Å²) in [7, 11) is 1.70. The largest absolute Gasteiger partial charge is 0.573 e. The Labute approximate surface area is 107 Å². The van der Waals surface area contributed by atoms with Crippen molar-refractivity contribution < 1.29 is 23.0 Å². The van der Waals surface area contributed by atoms with Crippen LogP contribution < -0.4 is 4.74 Å². The first-order chi connectivity index (χ1) is 8.85. The number of nitrogens with zero attached hydrogens (tertiary/aromatic N) is 2. The van der Waals surface area contributed by atoms with Gasteiger partial charge >= 0.3 is 6.36 Å². The average Bonchev–Trinajstić information content (AvgIpc) is 2.74. The van der Waals surface area contributed by atoms with Crippen molar-refractivity contribution in [3.8, 4) is 5.75 Å². The molecule has 0 bridgehead atoms. The zero-order chi connectivity index (χ0) is 14.0. The predicted octanol–water partition coefficient (Wildman–Crippen LogP) is 2.40. The second kappa shape index (κ2) is 4.93. The molecule has 1 aromatic carbocycles. The normalized spacial score (nSPS) is 13.3. The van der Waals surface area contributed by atoms with Gasteiger partial charge in [-0.3, -0.25) is 4.68 Å². The molecule has 19 heavy (non-hydrogen) atoms. The molecule has 0 radical (unpaired) electrons. The Kier molecular flexibility index (Phi) is 3.48. The van der Waals surface area contributed by atoms with Gasteiger partial charge in [0, 0.05) is 18.8 Å². The standard InChI is InChI=1S/C12H11F3N2O2/c1-17-7-9(6-16-17)11(18)8-2-4-10(5-3-8)19-12(13,14)15/h2-7,11,18H,1H3. The fourth-order valence-corrected chi connectivity index (χ4v) is 1.63. The summed E-state index contributed by atoms with van der Waals surface area (Å²) in [5.74, 6) is -0.324. The van der Waals surface area contributed by atoms with E-state index in [1.54, 1.807) is 13.2 Å². The molecule has 0 amide bonds. The highest BCUT2D eigenvalue weighted by Crippen LogP contribution is 2.26. The summed E-state index contributed by atoms with van der Waals surface area (Å²) in [6.07, 6.45) is -2.53. The number of aryl methyl sites for hydroxylation is 1. The molecule has 1 aromatic heterocycles. The molecule has 2 rings (SSSR count). The van der Waals surface area contributed by atoms with E-state index in [9.17, 15) is 18.3 Å². The van der Waals surface area contributed by atoms with E-state index in [0.717, 1.165) is 12.1 Å². The number of alkyl halides is 3. The highest BCUT2D eigenvalue weighted by molar-refractivity contribution is 5.32. The molecule has 0 aliphatic heterocycles. The molecule has 0 spiro atoms. The summed E-state index contributed by atoms with van der Waals surface area (Å²) >= 11 is 0. The van der Waals surface area contributed by atoms with Crippen LogP contribution in [0, 0.1) is 0 Å². The van der Waals surface area contributed by atoms with Gasteiger partial charge in [-0.05, 0) is 17.7 Å². The van der Waals surface area contributed by atoms with Gasteiger partial charge in [0.1, 0.15) is 11.9 Å². The third kappa shape index (κ3) is 3.47. The molecule has 0 fully saturated rings. The van der Waals surface area contributed by atoms with E-state index >= 15 is 0 Å². The van der Waals surface area contributed by atoms with Crippen molar-refractivity contribution in [2.75, 3.05) is 0 Å². The maximum atomic E-state index is 12.0. The molecule has 1 heterocycles. The summed E-state index contributed by atoms with van der Waals surface area (Å²) in [4.78, 5) is 0. The SMILES string of the molecule is Cn1cc(C(O)c2ccc(OC(F)(F)F)cc2)cn1. The van der Waals surface area contributed by atoms with Gasteiger partial charge in [0.05, 0.1) is 6.20 Å². The maximum Gasteiger partial charge on any atom is 0.573 e. The minimum Gasteiger partial charge on any atom is -0.406 e. The van der Waals surface area contributed by atoms with Gasteiger partial charge in [-0.1, -0.05) is 12.1 Å². The number of halogens is 3. The highest BCUT2D eigenvalue weighted by atomic mass is 19.4. The smallest absolute Gasteiger partial charge is 0.406 e. The molecule has 7 heteroatoms. The topological polar surface area (TPSA) is 47.3 Å². The summed E-state index contributed by atoms with van der Waals surface area (Å²) in [6, 6.07) is 5.06. The van der Waals surface area contributed by atoms with Crippen LogP contribution in [0.2, 0.25) is 0 Å². The Balaban J connectivity index is 2.14. The predicted molar refractivity (Wildman–Crippen MR) is 60.4 cm³/mol. The second-order valence-corrected chi connectivity index (χ2v) is 3.97. The van der Waals surface area contributed by atoms with Crippen molar-refractivity contribution in [3.05, 3.63) is 47.8 Å². The van der Waals surface area contributed by atoms with Gasteiger partial charge in [0.2, 0.25) is 0 Å². The maximum absolute atomic E-state index is 12.0. The third-order valence-corrected chi connectivity index (χ3v) is 2.47. The number of hydrogen-bond donors (Lipinski definition) is 1. The summed E-state index contributed by atoms with van der Waals surface area (Å²) in [5.41, 5.74) is 1.02. The molecule has 0 aliphatic rings. The number of aliphatic hydroxyl groups excluding tert-OH is 1. The number of hydrogen-bond acceptors (Lipinski definition) is 3. The van der Waals surface area contributed by atoms with Gasteiger partial charge < -0.3 is 9.84 Å². The first-order valence-electron chi connectivity index (χ1n) is 5.37. The van der Waals surface area contributed by atoms with Crippen LogP contribution in [0.4, 0.5) is 13.2 Å². The first-order valence-corrected chi connectivity index (χ1v) is 5.37. The van der Waals surface area contributed by atoms with Crippen LogP contribution in [0.1, 0.15) is 17.2 Å². The molecule has 0 saturated heterocycles. The first kappa shape index (κ1) is 13.4. The van der Waals surface area contributed by atoms with Crippen LogP contribution >= 0.6 is 0 Å². The van der Waals surface area contributed by atoms with Crippen molar-refractivity contribution in [2.45, 2.75) is 12.5 Å². The zero-order valence-corrected chi connectivity index (χ0v) is 9.93. The molecule has 2 aromatic rings. The lowest BCUT2D eigenvalue weighted by Crippen LogP contribution is -2.17. The molecular weight excluding hydrogens is 261 g/mol. The molecule has 0 saturated carbocycles. The minimum atomic E-state index is -4.72. The summed E-state index contributed by atoms with van der Waals surface area (Å²) < 4.78 is 41.2. The summed E-state index contributed by atoms with van der Waals surface area (Å²) in [5, 5.41) is 13.9. The van der Waals surface area contributed by atoms with E-state index < -0.39 is 12.5 Å².